The predicted octanol–water partition coefficient (Wildman–Crippen LogP) is 4.22. The van der Waals surface area contributed by atoms with Crippen molar-refractivity contribution in [3.8, 4) is 11.1 Å². The second-order valence-electron chi connectivity index (χ2n) is 6.76. The Balaban J connectivity index is 2.07. The highest BCUT2D eigenvalue weighted by Crippen LogP contribution is 2.31. The SMILES string of the molecule is CCc1c[nH]c2ncc(-c3ccc(CN(C)C)c(P(C)C)c3)cc12. The van der Waals surface area contributed by atoms with Gasteiger partial charge < -0.3 is 9.88 Å². The topological polar surface area (TPSA) is 31.9 Å². The molecule has 0 saturated heterocycles. The number of hydrogen-bond donors (Lipinski definition) is 1. The minimum atomic E-state index is -0.141. The Kier molecular flexibility index (Phi) is 5.03. The molecule has 0 aliphatic heterocycles. The normalized spacial score (nSPS) is 11.8. The van der Waals surface area contributed by atoms with Gasteiger partial charge in [-0.3, -0.25) is 0 Å². The lowest BCUT2D eigenvalue weighted by Crippen LogP contribution is -2.17. The highest BCUT2D eigenvalue weighted by molar-refractivity contribution is 7.64. The Hall–Kier alpha value is -1.70. The van der Waals surface area contributed by atoms with E-state index in [1.54, 1.807) is 0 Å². The molecule has 1 aromatic carbocycles. The summed E-state index contributed by atoms with van der Waals surface area (Å²) in [4.78, 5) is 10.1. The Labute approximate surface area is 145 Å². The average Bonchev–Trinajstić information content (AvgIpc) is 2.96. The number of aryl methyl sites for hydroxylation is 1. The van der Waals surface area contributed by atoms with Crippen LogP contribution >= 0.6 is 7.92 Å². The summed E-state index contributed by atoms with van der Waals surface area (Å²) >= 11 is 0. The molecule has 0 atom stereocenters. The van der Waals surface area contributed by atoms with E-state index in [9.17, 15) is 0 Å². The number of aromatic amines is 1. The van der Waals surface area contributed by atoms with Crippen molar-refractivity contribution in [2.45, 2.75) is 19.9 Å². The van der Waals surface area contributed by atoms with Crippen molar-refractivity contribution < 1.29 is 0 Å². The molecule has 3 rings (SSSR count). The van der Waals surface area contributed by atoms with E-state index in [0.29, 0.717) is 0 Å². The number of pyridine rings is 1. The van der Waals surface area contributed by atoms with Crippen LogP contribution in [0.4, 0.5) is 0 Å². The van der Waals surface area contributed by atoms with E-state index in [0.717, 1.165) is 18.6 Å². The number of aromatic nitrogens is 2. The molecule has 3 nitrogen and oxygen atoms in total. The molecular formula is C20H26N3P. The molecule has 1 N–H and O–H groups in total. The van der Waals surface area contributed by atoms with Gasteiger partial charge >= 0.3 is 0 Å². The fourth-order valence-corrected chi connectivity index (χ4v) is 4.26. The summed E-state index contributed by atoms with van der Waals surface area (Å²) in [7, 11) is 4.11. The summed E-state index contributed by atoms with van der Waals surface area (Å²) in [6, 6.07) is 9.17. The van der Waals surface area contributed by atoms with Crippen molar-refractivity contribution in [1.29, 1.82) is 0 Å². The van der Waals surface area contributed by atoms with Gasteiger partial charge in [0, 0.05) is 29.9 Å². The van der Waals surface area contributed by atoms with Crippen LogP contribution in [0.5, 0.6) is 0 Å². The maximum atomic E-state index is 4.61. The third-order valence-corrected chi connectivity index (χ3v) is 5.76. The molecule has 0 fully saturated rings. The molecule has 0 bridgehead atoms. The second-order valence-corrected chi connectivity index (χ2v) is 9.03. The maximum absolute atomic E-state index is 4.61. The zero-order valence-corrected chi connectivity index (χ0v) is 16.1. The molecule has 0 saturated carbocycles. The van der Waals surface area contributed by atoms with E-state index in [2.05, 4.69) is 79.7 Å². The van der Waals surface area contributed by atoms with Crippen molar-refractivity contribution in [1.82, 2.24) is 14.9 Å². The van der Waals surface area contributed by atoms with Crippen LogP contribution in [-0.2, 0) is 13.0 Å². The van der Waals surface area contributed by atoms with E-state index in [4.69, 9.17) is 0 Å². The second kappa shape index (κ2) is 7.04. The first-order valence-electron chi connectivity index (χ1n) is 8.41. The number of rotatable bonds is 5. The third kappa shape index (κ3) is 3.38. The van der Waals surface area contributed by atoms with Crippen molar-refractivity contribution in [3.05, 3.63) is 47.8 Å². The molecule has 4 heteroatoms. The summed E-state index contributed by atoms with van der Waals surface area (Å²) < 4.78 is 0. The molecule has 2 aromatic heterocycles. The highest BCUT2D eigenvalue weighted by atomic mass is 31.1. The van der Waals surface area contributed by atoms with Crippen LogP contribution in [0.15, 0.2) is 36.7 Å². The van der Waals surface area contributed by atoms with Crippen LogP contribution in [-0.4, -0.2) is 42.3 Å². The van der Waals surface area contributed by atoms with Gasteiger partial charge in [-0.05, 0) is 68.0 Å². The van der Waals surface area contributed by atoms with Crippen LogP contribution < -0.4 is 5.30 Å². The monoisotopic (exact) mass is 339 g/mol. The van der Waals surface area contributed by atoms with Gasteiger partial charge in [0.1, 0.15) is 5.65 Å². The number of fused-ring (bicyclic) bond motifs is 1. The first kappa shape index (κ1) is 17.1. The average molecular weight is 339 g/mol. The Morgan fingerprint density at radius 2 is 1.88 bits per heavy atom. The fraction of sp³-hybridized carbons (Fsp3) is 0.350. The summed E-state index contributed by atoms with van der Waals surface area (Å²) in [5.41, 5.74) is 6.21. The molecule has 0 aliphatic rings. The standard InChI is InChI=1S/C20H26N3P/c1-6-14-11-21-20-18(14)9-17(12-22-20)15-7-8-16(13-23(2)3)19(10-15)24(4)5/h7-12H,6,13H2,1-5H3,(H,21,22). The van der Waals surface area contributed by atoms with Crippen molar-refractivity contribution in [2.24, 2.45) is 0 Å². The minimum absolute atomic E-state index is 0.141. The number of hydrogen-bond acceptors (Lipinski definition) is 2. The summed E-state index contributed by atoms with van der Waals surface area (Å²) in [6.07, 6.45) is 5.08. The maximum Gasteiger partial charge on any atom is 0.137 e. The number of benzene rings is 1. The molecule has 0 spiro atoms. The van der Waals surface area contributed by atoms with Gasteiger partial charge in [-0.25, -0.2) is 4.98 Å². The van der Waals surface area contributed by atoms with Crippen molar-refractivity contribution in [2.75, 3.05) is 27.4 Å². The molecule has 0 amide bonds. The van der Waals surface area contributed by atoms with Crippen LogP contribution in [0.2, 0.25) is 0 Å². The molecule has 0 aliphatic carbocycles. The first-order valence-corrected chi connectivity index (χ1v) is 10.6. The molecule has 2 heterocycles. The first-order chi connectivity index (χ1) is 11.5. The van der Waals surface area contributed by atoms with Gasteiger partial charge in [-0.15, -0.1) is 0 Å². The van der Waals surface area contributed by atoms with Gasteiger partial charge in [-0.1, -0.05) is 27.0 Å². The van der Waals surface area contributed by atoms with Gasteiger partial charge in [0.15, 0.2) is 0 Å². The van der Waals surface area contributed by atoms with E-state index in [1.807, 2.05) is 6.20 Å². The Morgan fingerprint density at radius 1 is 1.08 bits per heavy atom. The van der Waals surface area contributed by atoms with Crippen molar-refractivity contribution in [3.63, 3.8) is 0 Å². The zero-order valence-electron chi connectivity index (χ0n) is 15.2. The molecule has 126 valence electrons. The number of nitrogens with zero attached hydrogens (tertiary/aromatic N) is 2. The Bertz CT molecular complexity index is 849. The van der Waals surface area contributed by atoms with Crippen LogP contribution in [0.25, 0.3) is 22.2 Å². The lowest BCUT2D eigenvalue weighted by molar-refractivity contribution is 0.403. The van der Waals surface area contributed by atoms with Crippen LogP contribution in [0.1, 0.15) is 18.1 Å². The van der Waals surface area contributed by atoms with Gasteiger partial charge in [0.05, 0.1) is 0 Å². The van der Waals surface area contributed by atoms with Crippen molar-refractivity contribution >= 4 is 24.3 Å². The molecule has 0 unspecified atom stereocenters. The lowest BCUT2D eigenvalue weighted by Gasteiger charge is -2.18. The summed E-state index contributed by atoms with van der Waals surface area (Å²) in [5.74, 6) is 0. The number of nitrogens with one attached hydrogen (secondary N) is 1. The number of H-pyrrole nitrogens is 1. The summed E-state index contributed by atoms with van der Waals surface area (Å²) in [5, 5.41) is 2.73. The Morgan fingerprint density at radius 3 is 2.54 bits per heavy atom. The van der Waals surface area contributed by atoms with E-state index < -0.39 is 0 Å². The fourth-order valence-electron chi connectivity index (χ4n) is 3.14. The zero-order chi connectivity index (χ0) is 17.3. The predicted molar refractivity (Wildman–Crippen MR) is 107 cm³/mol. The van der Waals surface area contributed by atoms with E-state index in [1.165, 1.54) is 32.9 Å². The molecular weight excluding hydrogens is 313 g/mol. The summed E-state index contributed by atoms with van der Waals surface area (Å²) in [6.45, 7) is 7.84. The van der Waals surface area contributed by atoms with E-state index in [-0.39, 0.29) is 7.92 Å². The van der Waals surface area contributed by atoms with Gasteiger partial charge in [0.2, 0.25) is 0 Å². The molecule has 24 heavy (non-hydrogen) atoms. The van der Waals surface area contributed by atoms with E-state index >= 15 is 0 Å². The lowest BCUT2D eigenvalue weighted by atomic mass is 10.0. The smallest absolute Gasteiger partial charge is 0.137 e. The van der Waals surface area contributed by atoms with Crippen LogP contribution in [0, 0.1) is 0 Å². The van der Waals surface area contributed by atoms with Crippen LogP contribution in [0.3, 0.4) is 0 Å². The molecule has 0 radical (unpaired) electrons. The quantitative estimate of drug-likeness (QED) is 0.706. The van der Waals surface area contributed by atoms with Gasteiger partial charge in [0.25, 0.3) is 0 Å². The highest BCUT2D eigenvalue weighted by Gasteiger charge is 2.11. The molecule has 3 aromatic rings. The minimum Gasteiger partial charge on any atom is -0.346 e. The third-order valence-electron chi connectivity index (χ3n) is 4.38. The van der Waals surface area contributed by atoms with Gasteiger partial charge in [-0.2, -0.15) is 0 Å². The largest absolute Gasteiger partial charge is 0.346 e.